The number of rotatable bonds is 4. The van der Waals surface area contributed by atoms with Crippen molar-refractivity contribution < 1.29 is 9.59 Å². The maximum atomic E-state index is 12.8. The van der Waals surface area contributed by atoms with Crippen LogP contribution >= 0.6 is 15.9 Å². The molecule has 26 heavy (non-hydrogen) atoms. The Labute approximate surface area is 164 Å². The van der Waals surface area contributed by atoms with E-state index in [1.54, 1.807) is 11.8 Å². The minimum atomic E-state index is -0.157. The summed E-state index contributed by atoms with van der Waals surface area (Å²) < 4.78 is 0. The molecule has 3 rings (SSSR count). The van der Waals surface area contributed by atoms with Crippen molar-refractivity contribution in [3.05, 3.63) is 58.2 Å². The molecule has 0 unspecified atom stereocenters. The highest BCUT2D eigenvalue weighted by Crippen LogP contribution is 2.55. The minimum absolute atomic E-state index is 0.0136. The molecule has 0 radical (unpaired) electrons. The van der Waals surface area contributed by atoms with E-state index in [1.165, 1.54) is 11.1 Å². The molecule has 0 heterocycles. The molecular formula is C22H26BrNO2. The van der Waals surface area contributed by atoms with Crippen LogP contribution in [0.3, 0.4) is 0 Å². The van der Waals surface area contributed by atoms with Crippen LogP contribution in [0.2, 0.25) is 0 Å². The Kier molecular flexibility index (Phi) is 5.81. The zero-order chi connectivity index (χ0) is 18.7. The molecule has 0 aliphatic heterocycles. The van der Waals surface area contributed by atoms with Crippen LogP contribution in [0.15, 0.2) is 52.7 Å². The largest absolute Gasteiger partial charge is 0.319 e. The molecule has 1 aromatic rings. The number of nitrogens with zero attached hydrogens (tertiary/aromatic N) is 1. The average Bonchev–Trinajstić information content (AvgIpc) is 2.89. The molecule has 1 aromatic carbocycles. The van der Waals surface area contributed by atoms with Gasteiger partial charge in [-0.2, -0.15) is 0 Å². The number of allylic oxidation sites excluding steroid dienone is 2. The van der Waals surface area contributed by atoms with Crippen LogP contribution < -0.4 is 0 Å². The van der Waals surface area contributed by atoms with E-state index in [4.69, 9.17) is 0 Å². The Morgan fingerprint density at radius 3 is 2.73 bits per heavy atom. The zero-order valence-electron chi connectivity index (χ0n) is 15.5. The molecule has 2 aliphatic rings. The van der Waals surface area contributed by atoms with Crippen molar-refractivity contribution >= 4 is 27.6 Å². The van der Waals surface area contributed by atoms with Crippen LogP contribution in [0, 0.1) is 11.3 Å². The molecular weight excluding hydrogens is 390 g/mol. The van der Waals surface area contributed by atoms with Crippen LogP contribution in [0.1, 0.15) is 45.1 Å². The number of hydrogen-bond acceptors (Lipinski definition) is 2. The Morgan fingerprint density at radius 1 is 1.35 bits per heavy atom. The molecule has 2 fully saturated rings. The number of benzene rings is 1. The molecule has 3 nitrogen and oxygen atoms in total. The maximum Gasteiger partial charge on any atom is 0.223 e. The van der Waals surface area contributed by atoms with Crippen LogP contribution in [0.5, 0.6) is 0 Å². The summed E-state index contributed by atoms with van der Waals surface area (Å²) in [7, 11) is 0. The second-order valence-electron chi connectivity index (χ2n) is 7.63. The first-order chi connectivity index (χ1) is 12.5. The van der Waals surface area contributed by atoms with Crippen LogP contribution in [-0.4, -0.2) is 23.1 Å². The van der Waals surface area contributed by atoms with Gasteiger partial charge in [-0.05, 0) is 42.1 Å². The van der Waals surface area contributed by atoms with Gasteiger partial charge in [0.05, 0.1) is 0 Å². The van der Waals surface area contributed by atoms with Gasteiger partial charge in [-0.15, -0.1) is 0 Å². The summed E-state index contributed by atoms with van der Waals surface area (Å²) in [5, 5.41) is 0. The predicted octanol–water partition coefficient (Wildman–Crippen LogP) is 5.02. The van der Waals surface area contributed by atoms with Gasteiger partial charge < -0.3 is 4.90 Å². The molecule has 2 atom stereocenters. The Bertz CT molecular complexity index is 753. The van der Waals surface area contributed by atoms with E-state index in [0.717, 1.165) is 31.3 Å². The summed E-state index contributed by atoms with van der Waals surface area (Å²) in [6.45, 7) is 4.36. The Balaban J connectivity index is 1.85. The highest BCUT2D eigenvalue weighted by molar-refractivity contribution is 9.11. The van der Waals surface area contributed by atoms with E-state index in [2.05, 4.69) is 35.0 Å². The highest BCUT2D eigenvalue weighted by atomic mass is 79.9. The van der Waals surface area contributed by atoms with E-state index in [-0.39, 0.29) is 23.0 Å². The van der Waals surface area contributed by atoms with Crippen molar-refractivity contribution in [2.45, 2.75) is 46.0 Å². The molecule has 2 saturated carbocycles. The van der Waals surface area contributed by atoms with Gasteiger partial charge in [0.2, 0.25) is 5.91 Å². The maximum absolute atomic E-state index is 12.8. The van der Waals surface area contributed by atoms with Gasteiger partial charge in [-0.25, -0.2) is 0 Å². The molecule has 0 N–H and O–H groups in total. The highest BCUT2D eigenvalue weighted by Gasteiger charge is 2.50. The van der Waals surface area contributed by atoms with Crippen LogP contribution in [-0.2, 0) is 16.0 Å². The fraction of sp³-hybridized carbons (Fsp3) is 0.455. The summed E-state index contributed by atoms with van der Waals surface area (Å²) in [5.74, 6) is 0.440. The van der Waals surface area contributed by atoms with Crippen molar-refractivity contribution in [3.63, 3.8) is 0 Å². The number of halogens is 1. The number of amides is 1. The third-order valence-corrected chi connectivity index (χ3v) is 6.59. The molecule has 0 saturated heterocycles. The van der Waals surface area contributed by atoms with Gasteiger partial charge in [0, 0.05) is 37.1 Å². The average molecular weight is 416 g/mol. The topological polar surface area (TPSA) is 37.4 Å². The smallest absolute Gasteiger partial charge is 0.223 e. The van der Waals surface area contributed by atoms with Crippen molar-refractivity contribution in [1.82, 2.24) is 4.90 Å². The van der Waals surface area contributed by atoms with Gasteiger partial charge in [0.1, 0.15) is 0 Å². The van der Waals surface area contributed by atoms with E-state index in [9.17, 15) is 9.59 Å². The lowest BCUT2D eigenvalue weighted by Gasteiger charge is -2.38. The molecule has 138 valence electrons. The van der Waals surface area contributed by atoms with Gasteiger partial charge in [0.25, 0.3) is 0 Å². The molecule has 4 heteroatoms. The lowest BCUT2D eigenvalue weighted by molar-refractivity contribution is -0.126. The monoisotopic (exact) mass is 415 g/mol. The Morgan fingerprint density at radius 2 is 2.08 bits per heavy atom. The van der Waals surface area contributed by atoms with Crippen LogP contribution in [0.25, 0.3) is 0 Å². The zero-order valence-corrected chi connectivity index (χ0v) is 17.1. The van der Waals surface area contributed by atoms with Crippen molar-refractivity contribution in [1.29, 1.82) is 0 Å². The molecule has 0 spiro atoms. The summed E-state index contributed by atoms with van der Waals surface area (Å²) >= 11 is 3.48. The number of ketones is 1. The normalized spacial score (nSPS) is 28.4. The fourth-order valence-electron chi connectivity index (χ4n) is 4.42. The van der Waals surface area contributed by atoms with Gasteiger partial charge >= 0.3 is 0 Å². The minimum Gasteiger partial charge on any atom is -0.319 e. The Hall–Kier alpha value is -1.68. The fourth-order valence-corrected chi connectivity index (χ4v) is 4.97. The standard InChI is InChI=1S/C22H26BrNO2/c1-16(25)24(12-10-17-7-4-3-5-8-17)15-20-21(26)13-19-18(14-23)9-6-11-22(19,20)2/h3-5,7-8,14-15,19H,6,9-13H2,1-2H3/b18-14+,20-15+/t19-,22-/m0/s1. The summed E-state index contributed by atoms with van der Waals surface area (Å²) in [4.78, 5) is 28.7. The first kappa shape index (κ1) is 19.1. The SMILES string of the molecule is CC(=O)N(/C=C1\C(=O)C[C@H]2/C(=C/Br)CCC[C@]12C)CCc1ccccc1. The summed E-state index contributed by atoms with van der Waals surface area (Å²) in [5.41, 5.74) is 3.20. The number of carbonyl (C=O) groups excluding carboxylic acids is 2. The third kappa shape index (κ3) is 3.71. The van der Waals surface area contributed by atoms with Crippen molar-refractivity contribution in [3.8, 4) is 0 Å². The third-order valence-electron chi connectivity index (χ3n) is 6.00. The number of carbonyl (C=O) groups is 2. The predicted molar refractivity (Wildman–Crippen MR) is 108 cm³/mol. The van der Waals surface area contributed by atoms with Crippen molar-refractivity contribution in [2.75, 3.05) is 6.54 Å². The van der Waals surface area contributed by atoms with E-state index < -0.39 is 0 Å². The van der Waals surface area contributed by atoms with Gasteiger partial charge in [0.15, 0.2) is 5.78 Å². The number of fused-ring (bicyclic) bond motifs is 1. The van der Waals surface area contributed by atoms with E-state index in [0.29, 0.717) is 13.0 Å². The van der Waals surface area contributed by atoms with Crippen molar-refractivity contribution in [2.24, 2.45) is 11.3 Å². The second kappa shape index (κ2) is 7.91. The van der Waals surface area contributed by atoms with Crippen LogP contribution in [0.4, 0.5) is 0 Å². The first-order valence-corrected chi connectivity index (χ1v) is 10.2. The quantitative estimate of drug-likeness (QED) is 0.647. The van der Waals surface area contributed by atoms with E-state index in [1.807, 2.05) is 29.4 Å². The second-order valence-corrected chi connectivity index (χ2v) is 8.08. The molecule has 1 amide bonds. The first-order valence-electron chi connectivity index (χ1n) is 9.31. The number of hydrogen-bond donors (Lipinski definition) is 0. The van der Waals surface area contributed by atoms with Gasteiger partial charge in [-0.3, -0.25) is 9.59 Å². The number of Topliss-reactive ketones (excluding diaryl/α,β-unsaturated/α-hetero) is 1. The van der Waals surface area contributed by atoms with Gasteiger partial charge in [-0.1, -0.05) is 58.8 Å². The molecule has 2 aliphatic carbocycles. The van der Waals surface area contributed by atoms with E-state index >= 15 is 0 Å². The molecule has 0 aromatic heterocycles. The summed E-state index contributed by atoms with van der Waals surface area (Å²) in [6.07, 6.45) is 6.33. The molecule has 0 bridgehead atoms. The lowest BCUT2D eigenvalue weighted by Crippen LogP contribution is -2.32. The summed E-state index contributed by atoms with van der Waals surface area (Å²) in [6, 6.07) is 10.1. The lowest BCUT2D eigenvalue weighted by atomic mass is 9.66.